The molecular weight excluding hydrogens is 477 g/mol. The molecule has 3 rings (SSSR count). The molecule has 0 amide bonds. The summed E-state index contributed by atoms with van der Waals surface area (Å²) >= 11 is 0. The van der Waals surface area contributed by atoms with Crippen LogP contribution in [0.3, 0.4) is 0 Å². The molecule has 6 nitrogen and oxygen atoms in total. The van der Waals surface area contributed by atoms with Crippen LogP contribution in [0.4, 0.5) is 5.69 Å². The van der Waals surface area contributed by atoms with Crippen LogP contribution < -0.4 is 15.5 Å². The number of hydrogen-bond donors (Lipinski definition) is 2. The standard InChI is InChI=1S/C22H37N5O.HI/c1-22(2,27-11-5-4-6-12-27)18-25-21(23-3)24-17-19-7-9-20(10-8-19)26-13-15-28-16-14-26;/h7-10H,4-6,11-18H2,1-3H3,(H2,23,24,25);1H. The van der Waals surface area contributed by atoms with E-state index in [0.717, 1.165) is 45.4 Å². The van der Waals surface area contributed by atoms with Gasteiger partial charge in [-0.3, -0.25) is 9.89 Å². The molecule has 2 fully saturated rings. The van der Waals surface area contributed by atoms with Gasteiger partial charge >= 0.3 is 0 Å². The Labute approximate surface area is 193 Å². The maximum absolute atomic E-state index is 5.43. The van der Waals surface area contributed by atoms with Gasteiger partial charge in [-0.2, -0.15) is 0 Å². The highest BCUT2D eigenvalue weighted by Crippen LogP contribution is 2.20. The average molecular weight is 515 g/mol. The molecule has 2 N–H and O–H groups in total. The number of nitrogens with zero attached hydrogens (tertiary/aromatic N) is 3. The lowest BCUT2D eigenvalue weighted by atomic mass is 9.98. The van der Waals surface area contributed by atoms with E-state index in [4.69, 9.17) is 4.74 Å². The number of aliphatic imine (C=N–C) groups is 1. The van der Waals surface area contributed by atoms with Crippen molar-refractivity contribution in [3.8, 4) is 0 Å². The second kappa shape index (κ2) is 12.0. The van der Waals surface area contributed by atoms with Crippen molar-refractivity contribution in [2.45, 2.75) is 45.2 Å². The first-order valence-electron chi connectivity index (χ1n) is 10.7. The first-order valence-corrected chi connectivity index (χ1v) is 10.7. The molecule has 0 aliphatic carbocycles. The molecule has 0 radical (unpaired) electrons. The Morgan fingerprint density at radius 3 is 2.28 bits per heavy atom. The van der Waals surface area contributed by atoms with Crippen molar-refractivity contribution in [3.05, 3.63) is 29.8 Å². The number of ether oxygens (including phenoxy) is 1. The number of likely N-dealkylation sites (tertiary alicyclic amines) is 1. The van der Waals surface area contributed by atoms with E-state index in [2.05, 4.69) is 63.5 Å². The van der Waals surface area contributed by atoms with Gasteiger partial charge < -0.3 is 20.3 Å². The fraction of sp³-hybridized carbons (Fsp3) is 0.682. The van der Waals surface area contributed by atoms with E-state index in [1.54, 1.807) is 0 Å². The van der Waals surface area contributed by atoms with Crippen LogP contribution >= 0.6 is 24.0 Å². The van der Waals surface area contributed by atoms with Crippen LogP contribution in [-0.2, 0) is 11.3 Å². The Hall–Kier alpha value is -1.06. The van der Waals surface area contributed by atoms with Gasteiger partial charge in [0.25, 0.3) is 0 Å². The van der Waals surface area contributed by atoms with Crippen LogP contribution in [0.15, 0.2) is 29.3 Å². The number of piperidine rings is 1. The number of hydrogen-bond acceptors (Lipinski definition) is 4. The van der Waals surface area contributed by atoms with Crippen molar-refractivity contribution in [3.63, 3.8) is 0 Å². The summed E-state index contributed by atoms with van der Waals surface area (Å²) < 4.78 is 5.43. The van der Waals surface area contributed by atoms with Crippen molar-refractivity contribution in [2.75, 3.05) is 57.9 Å². The number of anilines is 1. The number of morpholine rings is 1. The summed E-state index contributed by atoms with van der Waals surface area (Å²) in [5.74, 6) is 0.863. The van der Waals surface area contributed by atoms with Crippen molar-refractivity contribution in [1.29, 1.82) is 0 Å². The van der Waals surface area contributed by atoms with E-state index < -0.39 is 0 Å². The van der Waals surface area contributed by atoms with Gasteiger partial charge in [-0.1, -0.05) is 18.6 Å². The number of guanidine groups is 1. The molecule has 0 saturated carbocycles. The van der Waals surface area contributed by atoms with Gasteiger partial charge in [-0.05, 0) is 57.5 Å². The number of halogens is 1. The zero-order valence-corrected chi connectivity index (χ0v) is 20.6. The quantitative estimate of drug-likeness (QED) is 0.347. The minimum absolute atomic E-state index is 0. The minimum atomic E-state index is 0. The van der Waals surface area contributed by atoms with E-state index in [0.29, 0.717) is 0 Å². The Bertz CT molecular complexity index is 623. The van der Waals surface area contributed by atoms with E-state index in [-0.39, 0.29) is 29.5 Å². The molecule has 0 aromatic heterocycles. The fourth-order valence-electron chi connectivity index (χ4n) is 3.96. The first-order chi connectivity index (χ1) is 13.6. The summed E-state index contributed by atoms with van der Waals surface area (Å²) in [6, 6.07) is 8.81. The molecular formula is C22H38IN5O. The lowest BCUT2D eigenvalue weighted by Gasteiger charge is -2.41. The molecule has 2 saturated heterocycles. The molecule has 7 heteroatoms. The fourth-order valence-corrected chi connectivity index (χ4v) is 3.96. The molecule has 0 spiro atoms. The van der Waals surface area contributed by atoms with Gasteiger partial charge in [-0.25, -0.2) is 0 Å². The number of rotatable bonds is 6. The van der Waals surface area contributed by atoms with E-state index >= 15 is 0 Å². The Morgan fingerprint density at radius 2 is 1.66 bits per heavy atom. The maximum atomic E-state index is 5.43. The monoisotopic (exact) mass is 515 g/mol. The minimum Gasteiger partial charge on any atom is -0.378 e. The van der Waals surface area contributed by atoms with Gasteiger partial charge in [0.15, 0.2) is 5.96 Å². The summed E-state index contributed by atoms with van der Waals surface area (Å²) in [5, 5.41) is 6.96. The van der Waals surface area contributed by atoms with Crippen LogP contribution in [-0.4, -0.2) is 69.4 Å². The molecule has 1 aromatic rings. The van der Waals surface area contributed by atoms with E-state index in [9.17, 15) is 0 Å². The molecule has 0 unspecified atom stereocenters. The predicted octanol–water partition coefficient (Wildman–Crippen LogP) is 3.07. The third-order valence-electron chi connectivity index (χ3n) is 5.90. The van der Waals surface area contributed by atoms with Crippen molar-refractivity contribution in [2.24, 2.45) is 4.99 Å². The van der Waals surface area contributed by atoms with Crippen molar-refractivity contribution < 1.29 is 4.74 Å². The maximum Gasteiger partial charge on any atom is 0.191 e. The van der Waals surface area contributed by atoms with Crippen LogP contribution in [0, 0.1) is 0 Å². The molecule has 2 heterocycles. The molecule has 29 heavy (non-hydrogen) atoms. The van der Waals surface area contributed by atoms with Crippen LogP contribution in [0.2, 0.25) is 0 Å². The van der Waals surface area contributed by atoms with Gasteiger partial charge in [0.05, 0.1) is 13.2 Å². The summed E-state index contributed by atoms with van der Waals surface area (Å²) in [6.45, 7) is 12.3. The Kier molecular flexibility index (Phi) is 9.98. The van der Waals surface area contributed by atoms with Gasteiger partial charge in [0, 0.05) is 44.5 Å². The van der Waals surface area contributed by atoms with Crippen LogP contribution in [0.5, 0.6) is 0 Å². The smallest absolute Gasteiger partial charge is 0.191 e. The average Bonchev–Trinajstić information content (AvgIpc) is 2.75. The number of nitrogens with one attached hydrogen (secondary N) is 2. The van der Waals surface area contributed by atoms with E-state index in [1.165, 1.54) is 43.6 Å². The van der Waals surface area contributed by atoms with Crippen LogP contribution in [0.25, 0.3) is 0 Å². The summed E-state index contributed by atoms with van der Waals surface area (Å²) in [4.78, 5) is 9.37. The lowest BCUT2D eigenvalue weighted by molar-refractivity contribution is 0.0982. The summed E-state index contributed by atoms with van der Waals surface area (Å²) in [6.07, 6.45) is 4.00. The highest BCUT2D eigenvalue weighted by molar-refractivity contribution is 14.0. The first kappa shape index (κ1) is 24.2. The SMILES string of the molecule is CN=C(NCc1ccc(N2CCOCC2)cc1)NCC(C)(C)N1CCCCC1.I. The normalized spacial score (nSPS) is 18.9. The molecule has 1 aromatic carbocycles. The van der Waals surface area contributed by atoms with Crippen molar-refractivity contribution >= 4 is 35.6 Å². The second-order valence-corrected chi connectivity index (χ2v) is 8.41. The van der Waals surface area contributed by atoms with Crippen LogP contribution in [0.1, 0.15) is 38.7 Å². The summed E-state index contributed by atoms with van der Waals surface area (Å²) in [7, 11) is 1.84. The lowest BCUT2D eigenvalue weighted by Crippen LogP contribution is -2.54. The zero-order chi connectivity index (χ0) is 19.8. The zero-order valence-electron chi connectivity index (χ0n) is 18.2. The third kappa shape index (κ3) is 7.29. The Morgan fingerprint density at radius 1 is 1.00 bits per heavy atom. The molecule has 0 atom stereocenters. The highest BCUT2D eigenvalue weighted by Gasteiger charge is 2.27. The highest BCUT2D eigenvalue weighted by atomic mass is 127. The van der Waals surface area contributed by atoms with Gasteiger partial charge in [0.2, 0.25) is 0 Å². The molecule has 0 bridgehead atoms. The largest absolute Gasteiger partial charge is 0.378 e. The van der Waals surface area contributed by atoms with Crippen molar-refractivity contribution in [1.82, 2.24) is 15.5 Å². The third-order valence-corrected chi connectivity index (χ3v) is 5.90. The molecule has 164 valence electrons. The van der Waals surface area contributed by atoms with Gasteiger partial charge in [-0.15, -0.1) is 24.0 Å². The predicted molar refractivity (Wildman–Crippen MR) is 133 cm³/mol. The van der Waals surface area contributed by atoms with E-state index in [1.807, 2.05) is 7.05 Å². The number of benzene rings is 1. The van der Waals surface area contributed by atoms with Gasteiger partial charge in [0.1, 0.15) is 0 Å². The Balaban J connectivity index is 0.00000300. The second-order valence-electron chi connectivity index (χ2n) is 8.41. The topological polar surface area (TPSA) is 52.1 Å². The summed E-state index contributed by atoms with van der Waals surface area (Å²) in [5.41, 5.74) is 2.67. The molecule has 2 aliphatic rings. The molecule has 2 aliphatic heterocycles.